The van der Waals surface area contributed by atoms with Crippen LogP contribution < -0.4 is 10.2 Å². The Balaban J connectivity index is 1.12. The molecule has 3 amide bonds. The third-order valence-corrected chi connectivity index (χ3v) is 8.61. The summed E-state index contributed by atoms with van der Waals surface area (Å²) in [5.74, 6) is -1.52. The Morgan fingerprint density at radius 1 is 0.979 bits per heavy atom. The number of para-hydroxylation sites is 1. The Morgan fingerprint density at radius 3 is 2.53 bits per heavy atom. The third-order valence-electron chi connectivity index (χ3n) is 8.38. The van der Waals surface area contributed by atoms with Gasteiger partial charge in [0.05, 0.1) is 36.3 Å². The first-order valence-corrected chi connectivity index (χ1v) is 15.4. The van der Waals surface area contributed by atoms with E-state index >= 15 is 0 Å². The monoisotopic (exact) mass is 648 g/mol. The number of ether oxygens (including phenoxy) is 2. The summed E-state index contributed by atoms with van der Waals surface area (Å²) in [5.41, 5.74) is 5.36. The molecule has 2 aliphatic heterocycles. The number of allylic oxidation sites excluding steroid dienone is 1. The molecule has 0 saturated carbocycles. The van der Waals surface area contributed by atoms with Crippen LogP contribution in [0.4, 0.5) is 11.4 Å². The molecule has 0 unspecified atom stereocenters. The van der Waals surface area contributed by atoms with Crippen molar-refractivity contribution in [2.45, 2.75) is 38.8 Å². The quantitative estimate of drug-likeness (QED) is 0.170. The lowest BCUT2D eigenvalue weighted by Crippen LogP contribution is -2.30. The van der Waals surface area contributed by atoms with E-state index in [1.807, 2.05) is 48.5 Å². The maximum absolute atomic E-state index is 13.6. The van der Waals surface area contributed by atoms with Gasteiger partial charge in [-0.3, -0.25) is 14.4 Å². The van der Waals surface area contributed by atoms with Gasteiger partial charge >= 0.3 is 0 Å². The highest BCUT2D eigenvalue weighted by molar-refractivity contribution is 6.37. The van der Waals surface area contributed by atoms with E-state index in [-0.39, 0.29) is 36.0 Å². The molecule has 5 aromatic rings. The van der Waals surface area contributed by atoms with Crippen LogP contribution in [0.5, 0.6) is 0 Å². The number of anilines is 2. The molecule has 3 heterocycles. The van der Waals surface area contributed by atoms with Crippen molar-refractivity contribution < 1.29 is 33.4 Å². The van der Waals surface area contributed by atoms with Crippen LogP contribution in [0, 0.1) is 6.92 Å². The molecule has 9 nitrogen and oxygen atoms in total. The van der Waals surface area contributed by atoms with Gasteiger partial charge in [-0.15, -0.1) is 0 Å². The molecule has 1 aromatic heterocycles. The van der Waals surface area contributed by atoms with Crippen LogP contribution in [0.15, 0.2) is 107 Å². The van der Waals surface area contributed by atoms with E-state index in [1.165, 1.54) is 6.07 Å². The molecule has 10 heteroatoms. The molecule has 2 aliphatic rings. The summed E-state index contributed by atoms with van der Waals surface area (Å²) in [7, 11) is 0. The number of furan rings is 1. The first-order chi connectivity index (χ1) is 22.8. The van der Waals surface area contributed by atoms with Crippen LogP contribution in [0.25, 0.3) is 11.0 Å². The largest absolute Gasteiger partial charge is 0.464 e. The molecule has 0 radical (unpaired) electrons. The van der Waals surface area contributed by atoms with Crippen molar-refractivity contribution in [2.75, 3.05) is 10.2 Å². The second-order valence-corrected chi connectivity index (χ2v) is 11.9. The van der Waals surface area contributed by atoms with Crippen molar-refractivity contribution >= 4 is 51.7 Å². The van der Waals surface area contributed by atoms with E-state index in [0.29, 0.717) is 28.4 Å². The molecule has 0 saturated heterocycles. The standard InChI is InChI=1S/C37H29ClN2O7/c1-21-14-26(11-13-31(21)40-36(43)28-12-10-25(38)17-29(28)37(40)44)39-35(42)33-15-24(30-20-45-32-5-3-2-4-27(30)32)16-34(47-33)46-19-23-8-6-22(18-41)7-9-23/h2-15,17,20,24,34,41H,16,18-19H2,1H3,(H,39,42)/t24-,34+/m0/s1. The number of aliphatic hydroxyl groups is 1. The Labute approximate surface area is 275 Å². The number of benzene rings is 4. The van der Waals surface area contributed by atoms with Crippen LogP contribution in [0.2, 0.25) is 5.02 Å². The molecule has 47 heavy (non-hydrogen) atoms. The first kappa shape index (κ1) is 30.4. The van der Waals surface area contributed by atoms with Crippen LogP contribution >= 0.6 is 11.6 Å². The summed E-state index contributed by atoms with van der Waals surface area (Å²) >= 11 is 6.07. The molecule has 2 N–H and O–H groups in total. The number of fused-ring (bicyclic) bond motifs is 2. The summed E-state index contributed by atoms with van der Waals surface area (Å²) in [4.78, 5) is 41.0. The molecule has 0 aliphatic carbocycles. The van der Waals surface area contributed by atoms with Crippen molar-refractivity contribution in [1.82, 2.24) is 0 Å². The lowest BCUT2D eigenvalue weighted by molar-refractivity contribution is -0.147. The molecule has 236 valence electrons. The normalized spacial score (nSPS) is 17.4. The Morgan fingerprint density at radius 2 is 1.74 bits per heavy atom. The average Bonchev–Trinajstić information content (AvgIpc) is 3.62. The molecule has 0 fully saturated rings. The Bertz CT molecular complexity index is 2070. The number of nitrogens with one attached hydrogen (secondary N) is 1. The van der Waals surface area contributed by atoms with Gasteiger partial charge in [0.2, 0.25) is 6.29 Å². The zero-order valence-corrected chi connectivity index (χ0v) is 26.0. The number of halogens is 1. The maximum Gasteiger partial charge on any atom is 0.290 e. The van der Waals surface area contributed by atoms with E-state index in [1.54, 1.807) is 49.6 Å². The van der Waals surface area contributed by atoms with Crippen molar-refractivity contribution in [3.05, 3.63) is 141 Å². The fourth-order valence-corrected chi connectivity index (χ4v) is 6.13. The summed E-state index contributed by atoms with van der Waals surface area (Å²) in [5, 5.41) is 13.5. The first-order valence-electron chi connectivity index (χ1n) is 15.0. The predicted molar refractivity (Wildman–Crippen MR) is 176 cm³/mol. The number of aryl methyl sites for hydroxylation is 1. The number of nitrogens with zero attached hydrogens (tertiary/aromatic N) is 1. The van der Waals surface area contributed by atoms with Crippen LogP contribution in [0.1, 0.15) is 55.3 Å². The van der Waals surface area contributed by atoms with Crippen molar-refractivity contribution in [3.63, 3.8) is 0 Å². The summed E-state index contributed by atoms with van der Waals surface area (Å²) in [6.07, 6.45) is 3.19. The van der Waals surface area contributed by atoms with E-state index in [0.717, 1.165) is 32.6 Å². The number of aliphatic hydroxyl groups excluding tert-OH is 1. The van der Waals surface area contributed by atoms with E-state index < -0.39 is 24.0 Å². The number of imide groups is 1. The minimum absolute atomic E-state index is 0.0448. The van der Waals surface area contributed by atoms with Gasteiger partial charge in [-0.05, 0) is 72.2 Å². The Kier molecular flexibility index (Phi) is 8.11. The van der Waals surface area contributed by atoms with Gasteiger partial charge in [0.1, 0.15) is 5.58 Å². The zero-order valence-electron chi connectivity index (χ0n) is 25.2. The van der Waals surface area contributed by atoms with Crippen LogP contribution in [-0.4, -0.2) is 29.1 Å². The molecular formula is C37H29ClN2O7. The van der Waals surface area contributed by atoms with Gasteiger partial charge in [-0.25, -0.2) is 4.90 Å². The SMILES string of the molecule is Cc1cc(NC(=O)C2=C[C@H](c3coc4ccccc34)C[C@H](OCc3ccc(CO)cc3)O2)ccc1N1C(=O)c2ccc(Cl)cc2C1=O. The topological polar surface area (TPSA) is 118 Å². The lowest BCUT2D eigenvalue weighted by atomic mass is 9.92. The molecule has 7 rings (SSSR count). The highest BCUT2D eigenvalue weighted by Crippen LogP contribution is 2.37. The number of hydrogen-bond acceptors (Lipinski definition) is 7. The fraction of sp³-hybridized carbons (Fsp3) is 0.162. The summed E-state index contributed by atoms with van der Waals surface area (Å²) in [6, 6.07) is 24.7. The number of carbonyl (C=O) groups excluding carboxylic acids is 3. The highest BCUT2D eigenvalue weighted by Gasteiger charge is 2.37. The molecular weight excluding hydrogens is 620 g/mol. The number of rotatable bonds is 8. The number of amides is 3. The minimum Gasteiger partial charge on any atom is -0.464 e. The maximum atomic E-state index is 13.6. The average molecular weight is 649 g/mol. The van der Waals surface area contributed by atoms with E-state index in [2.05, 4.69) is 5.32 Å². The van der Waals surface area contributed by atoms with Gasteiger partial charge in [-0.2, -0.15) is 0 Å². The number of carbonyl (C=O) groups is 3. The minimum atomic E-state index is -0.733. The number of hydrogen-bond donors (Lipinski definition) is 2. The Hall–Kier alpha value is -5.22. The van der Waals surface area contributed by atoms with E-state index in [9.17, 15) is 19.5 Å². The molecule has 4 aromatic carbocycles. The van der Waals surface area contributed by atoms with Crippen LogP contribution in [-0.2, 0) is 27.5 Å². The van der Waals surface area contributed by atoms with Crippen molar-refractivity contribution in [2.24, 2.45) is 0 Å². The summed E-state index contributed by atoms with van der Waals surface area (Å²) < 4.78 is 18.0. The van der Waals surface area contributed by atoms with Gasteiger partial charge in [0.15, 0.2) is 5.76 Å². The highest BCUT2D eigenvalue weighted by atomic mass is 35.5. The third kappa shape index (κ3) is 5.92. The second kappa shape index (κ2) is 12.5. The molecule has 0 spiro atoms. The second-order valence-electron chi connectivity index (χ2n) is 11.5. The van der Waals surface area contributed by atoms with E-state index in [4.69, 9.17) is 25.5 Å². The smallest absolute Gasteiger partial charge is 0.290 e. The van der Waals surface area contributed by atoms with Crippen molar-refractivity contribution in [3.8, 4) is 0 Å². The molecule has 2 atom stereocenters. The summed E-state index contributed by atoms with van der Waals surface area (Å²) in [6.45, 7) is 1.96. The van der Waals surface area contributed by atoms with Crippen LogP contribution in [0.3, 0.4) is 0 Å². The van der Waals surface area contributed by atoms with Gasteiger partial charge < -0.3 is 24.3 Å². The lowest BCUT2D eigenvalue weighted by Gasteiger charge is -2.29. The fourth-order valence-electron chi connectivity index (χ4n) is 5.96. The zero-order chi connectivity index (χ0) is 32.7. The van der Waals surface area contributed by atoms with Gasteiger partial charge in [0.25, 0.3) is 17.7 Å². The predicted octanol–water partition coefficient (Wildman–Crippen LogP) is 7.26. The van der Waals surface area contributed by atoms with Gasteiger partial charge in [0, 0.05) is 34.0 Å². The van der Waals surface area contributed by atoms with Crippen molar-refractivity contribution in [1.29, 1.82) is 0 Å². The molecule has 0 bridgehead atoms. The van der Waals surface area contributed by atoms with Gasteiger partial charge in [-0.1, -0.05) is 54.1 Å².